The summed E-state index contributed by atoms with van der Waals surface area (Å²) < 4.78 is 13.7. The zero-order valence-electron chi connectivity index (χ0n) is 15.8. The van der Waals surface area contributed by atoms with E-state index in [2.05, 4.69) is 5.32 Å². The maximum absolute atomic E-state index is 13.4. The molecule has 0 spiro atoms. The highest BCUT2D eigenvalue weighted by Gasteiger charge is 2.28. The SMILES string of the molecule is C[C@H](NC(=O)C(N)Cc1ccccc1)C(=O)NC(C(=O)O)n1cc(F)c(=O)[nH]c1=O. The van der Waals surface area contributed by atoms with Crippen LogP contribution in [0.1, 0.15) is 18.7 Å². The monoisotopic (exact) mass is 421 g/mol. The van der Waals surface area contributed by atoms with Gasteiger partial charge in [0.15, 0.2) is 0 Å². The number of rotatable bonds is 8. The van der Waals surface area contributed by atoms with Gasteiger partial charge in [0.05, 0.1) is 12.2 Å². The van der Waals surface area contributed by atoms with Gasteiger partial charge in [-0.25, -0.2) is 9.59 Å². The highest BCUT2D eigenvalue weighted by atomic mass is 19.1. The summed E-state index contributed by atoms with van der Waals surface area (Å²) in [5, 5.41) is 13.6. The number of nitrogens with zero attached hydrogens (tertiary/aromatic N) is 1. The summed E-state index contributed by atoms with van der Waals surface area (Å²) in [6.45, 7) is 1.28. The molecule has 2 rings (SSSR count). The number of carbonyl (C=O) groups is 3. The Bertz CT molecular complexity index is 1050. The van der Waals surface area contributed by atoms with Crippen LogP contribution in [-0.2, 0) is 20.8 Å². The van der Waals surface area contributed by atoms with Crippen molar-refractivity contribution in [1.29, 1.82) is 0 Å². The topological polar surface area (TPSA) is 176 Å². The van der Waals surface area contributed by atoms with Crippen molar-refractivity contribution in [2.75, 3.05) is 0 Å². The van der Waals surface area contributed by atoms with Gasteiger partial charge < -0.3 is 21.5 Å². The molecule has 1 aromatic heterocycles. The van der Waals surface area contributed by atoms with Crippen LogP contribution >= 0.6 is 0 Å². The van der Waals surface area contributed by atoms with Gasteiger partial charge in [-0.15, -0.1) is 0 Å². The lowest BCUT2D eigenvalue weighted by Gasteiger charge is -2.21. The van der Waals surface area contributed by atoms with E-state index >= 15 is 0 Å². The predicted octanol–water partition coefficient (Wildman–Crippen LogP) is -1.55. The first-order chi connectivity index (χ1) is 14.1. The number of H-pyrrole nitrogens is 1. The van der Waals surface area contributed by atoms with Crippen molar-refractivity contribution in [3.63, 3.8) is 0 Å². The fourth-order valence-corrected chi connectivity index (χ4v) is 2.51. The van der Waals surface area contributed by atoms with Crippen molar-refractivity contribution in [3.05, 3.63) is 68.7 Å². The number of aliphatic carboxylic acids is 1. The van der Waals surface area contributed by atoms with E-state index in [1.54, 1.807) is 35.3 Å². The van der Waals surface area contributed by atoms with Crippen molar-refractivity contribution in [2.45, 2.75) is 31.6 Å². The molecule has 160 valence electrons. The zero-order chi connectivity index (χ0) is 22.4. The Hall–Kier alpha value is -3.80. The molecule has 0 radical (unpaired) electrons. The first kappa shape index (κ1) is 22.5. The minimum atomic E-state index is -2.02. The number of hydrogen-bond donors (Lipinski definition) is 5. The lowest BCUT2D eigenvalue weighted by Crippen LogP contribution is -2.53. The third kappa shape index (κ3) is 5.61. The maximum Gasteiger partial charge on any atom is 0.347 e. The molecule has 2 aromatic rings. The maximum atomic E-state index is 13.4. The molecule has 1 aromatic carbocycles. The largest absolute Gasteiger partial charge is 0.478 e. The molecule has 0 aliphatic rings. The van der Waals surface area contributed by atoms with E-state index in [-0.39, 0.29) is 6.42 Å². The van der Waals surface area contributed by atoms with Crippen molar-refractivity contribution < 1.29 is 23.9 Å². The number of carboxylic acid groups (broad SMARTS) is 1. The van der Waals surface area contributed by atoms with Gasteiger partial charge in [0.2, 0.25) is 23.8 Å². The molecule has 1 heterocycles. The lowest BCUT2D eigenvalue weighted by atomic mass is 10.1. The third-order valence-corrected chi connectivity index (χ3v) is 4.10. The lowest BCUT2D eigenvalue weighted by molar-refractivity contribution is -0.145. The molecule has 0 fully saturated rings. The van der Waals surface area contributed by atoms with Crippen LogP contribution in [0.4, 0.5) is 4.39 Å². The van der Waals surface area contributed by atoms with Crippen LogP contribution in [0, 0.1) is 5.82 Å². The number of carboxylic acids is 1. The number of benzene rings is 1. The highest BCUT2D eigenvalue weighted by molar-refractivity contribution is 5.91. The molecule has 0 aliphatic heterocycles. The zero-order valence-corrected chi connectivity index (χ0v) is 15.8. The van der Waals surface area contributed by atoms with E-state index in [9.17, 15) is 33.5 Å². The number of aromatic amines is 1. The molecular formula is C18H20FN5O6. The van der Waals surface area contributed by atoms with Crippen LogP contribution in [0.15, 0.2) is 46.1 Å². The molecular weight excluding hydrogens is 401 g/mol. The van der Waals surface area contributed by atoms with Gasteiger partial charge in [0.1, 0.15) is 6.04 Å². The second-order valence-corrected chi connectivity index (χ2v) is 6.42. The molecule has 2 unspecified atom stereocenters. The molecule has 12 heteroatoms. The summed E-state index contributed by atoms with van der Waals surface area (Å²) in [4.78, 5) is 60.4. The van der Waals surface area contributed by atoms with Gasteiger partial charge in [-0.3, -0.25) is 23.9 Å². The standard InChI is InChI=1S/C18H20FN5O6/c1-9(21-16(27)12(20)7-10-5-3-2-4-6-10)14(25)22-13(17(28)29)24-8-11(19)15(26)23-18(24)30/h2-6,8-9,12-13H,7,20H2,1H3,(H,21,27)(H,22,25)(H,28,29)(H,23,26,30)/t9-,12?,13?/m0/s1. The van der Waals surface area contributed by atoms with E-state index in [4.69, 9.17) is 5.73 Å². The number of carbonyl (C=O) groups excluding carboxylic acids is 2. The minimum absolute atomic E-state index is 0.213. The van der Waals surface area contributed by atoms with Crippen molar-refractivity contribution in [2.24, 2.45) is 5.73 Å². The molecule has 0 saturated carbocycles. The summed E-state index contributed by atoms with van der Waals surface area (Å²) >= 11 is 0. The number of nitrogens with one attached hydrogen (secondary N) is 3. The second kappa shape index (κ2) is 9.60. The molecule has 0 aliphatic carbocycles. The first-order valence-corrected chi connectivity index (χ1v) is 8.74. The van der Waals surface area contributed by atoms with E-state index in [0.29, 0.717) is 10.8 Å². The quantitative estimate of drug-likeness (QED) is 0.343. The normalized spacial score (nSPS) is 13.7. The van der Waals surface area contributed by atoms with Gasteiger partial charge in [-0.1, -0.05) is 30.3 Å². The summed E-state index contributed by atoms with van der Waals surface area (Å²) in [5.74, 6) is -4.73. The summed E-state index contributed by atoms with van der Waals surface area (Å²) in [7, 11) is 0. The Balaban J connectivity index is 2.06. The molecule has 30 heavy (non-hydrogen) atoms. The molecule has 11 nitrogen and oxygen atoms in total. The highest BCUT2D eigenvalue weighted by Crippen LogP contribution is 2.03. The van der Waals surface area contributed by atoms with Crippen LogP contribution in [0.25, 0.3) is 0 Å². The van der Waals surface area contributed by atoms with Crippen LogP contribution in [0.3, 0.4) is 0 Å². The van der Waals surface area contributed by atoms with E-state index in [0.717, 1.165) is 5.56 Å². The Morgan fingerprint density at radius 2 is 1.80 bits per heavy atom. The summed E-state index contributed by atoms with van der Waals surface area (Å²) in [5.41, 5.74) is 4.06. The fraction of sp³-hybridized carbons (Fsp3) is 0.278. The van der Waals surface area contributed by atoms with Crippen molar-refractivity contribution in [3.8, 4) is 0 Å². The predicted molar refractivity (Wildman–Crippen MR) is 102 cm³/mol. The molecule has 0 bridgehead atoms. The van der Waals surface area contributed by atoms with E-state index in [1.165, 1.54) is 6.92 Å². The third-order valence-electron chi connectivity index (χ3n) is 4.10. The molecule has 0 saturated heterocycles. The fourth-order valence-electron chi connectivity index (χ4n) is 2.51. The first-order valence-electron chi connectivity index (χ1n) is 8.74. The van der Waals surface area contributed by atoms with Crippen LogP contribution in [0.2, 0.25) is 0 Å². The van der Waals surface area contributed by atoms with Gasteiger partial charge in [0.25, 0.3) is 5.56 Å². The van der Waals surface area contributed by atoms with Crippen molar-refractivity contribution >= 4 is 17.8 Å². The average Bonchev–Trinajstić information content (AvgIpc) is 2.69. The Morgan fingerprint density at radius 1 is 1.17 bits per heavy atom. The number of amides is 2. The Kier molecular flexibility index (Phi) is 7.20. The number of nitrogens with two attached hydrogens (primary N) is 1. The second-order valence-electron chi connectivity index (χ2n) is 6.42. The summed E-state index contributed by atoms with van der Waals surface area (Å²) in [6, 6.07) is 6.75. The number of hydrogen-bond acceptors (Lipinski definition) is 6. The smallest absolute Gasteiger partial charge is 0.347 e. The van der Waals surface area contributed by atoms with E-state index < -0.39 is 53.1 Å². The van der Waals surface area contributed by atoms with E-state index in [1.807, 2.05) is 5.32 Å². The number of halogens is 1. The van der Waals surface area contributed by atoms with Crippen LogP contribution in [-0.4, -0.2) is 44.5 Å². The van der Waals surface area contributed by atoms with Gasteiger partial charge >= 0.3 is 11.7 Å². The van der Waals surface area contributed by atoms with Gasteiger partial charge in [0, 0.05) is 0 Å². The molecule has 2 amide bonds. The van der Waals surface area contributed by atoms with Gasteiger partial charge in [-0.2, -0.15) is 4.39 Å². The van der Waals surface area contributed by atoms with Crippen LogP contribution < -0.4 is 27.6 Å². The molecule has 6 N–H and O–H groups in total. The van der Waals surface area contributed by atoms with Crippen molar-refractivity contribution in [1.82, 2.24) is 20.2 Å². The average molecular weight is 421 g/mol. The number of aromatic nitrogens is 2. The molecule has 3 atom stereocenters. The Morgan fingerprint density at radius 3 is 2.40 bits per heavy atom. The summed E-state index contributed by atoms with van der Waals surface area (Å²) in [6.07, 6.45) is -1.45. The minimum Gasteiger partial charge on any atom is -0.478 e. The van der Waals surface area contributed by atoms with Gasteiger partial charge in [-0.05, 0) is 18.9 Å². The van der Waals surface area contributed by atoms with Crippen LogP contribution in [0.5, 0.6) is 0 Å². The Labute approximate surface area is 168 Å².